The number of fused-ring (bicyclic) bond motifs is 1. The molecule has 0 aliphatic rings. The molecule has 1 aromatic heterocycles. The molecule has 0 unspecified atom stereocenters. The van der Waals surface area contributed by atoms with Crippen LogP contribution in [0.25, 0.3) is 22.0 Å². The summed E-state index contributed by atoms with van der Waals surface area (Å²) in [6.45, 7) is 2.40. The van der Waals surface area contributed by atoms with Crippen LogP contribution < -0.4 is 0 Å². The highest BCUT2D eigenvalue weighted by Crippen LogP contribution is 2.27. The van der Waals surface area contributed by atoms with Crippen LogP contribution in [-0.4, -0.2) is 22.5 Å². The number of benzene rings is 2. The second-order valence-corrected chi connectivity index (χ2v) is 5.34. The van der Waals surface area contributed by atoms with Gasteiger partial charge in [-0.2, -0.15) is 4.89 Å². The topological polar surface area (TPSA) is 61.3 Å². The van der Waals surface area contributed by atoms with Gasteiger partial charge in [0.25, 0.3) is 0 Å². The molecule has 0 fully saturated rings. The third-order valence-corrected chi connectivity index (χ3v) is 3.61. The molecule has 0 amide bonds. The highest BCUT2D eigenvalue weighted by Gasteiger charge is 2.14. The van der Waals surface area contributed by atoms with E-state index in [0.717, 1.165) is 29.4 Å². The molecule has 1 heterocycles. The number of rotatable bonds is 6. The van der Waals surface area contributed by atoms with Crippen LogP contribution in [0.2, 0.25) is 0 Å². The minimum absolute atomic E-state index is 0.00999. The van der Waals surface area contributed by atoms with E-state index in [9.17, 15) is 4.79 Å². The number of unbranched alkanes of at least 4 members (excludes halogenated alkanes) is 1. The zero-order valence-electron chi connectivity index (χ0n) is 13.4. The Hall–Kier alpha value is -2.79. The van der Waals surface area contributed by atoms with E-state index >= 15 is 0 Å². The summed E-state index contributed by atoms with van der Waals surface area (Å²) in [6.07, 6.45) is 3.44. The van der Waals surface area contributed by atoms with Gasteiger partial charge < -0.3 is 0 Å². The van der Waals surface area contributed by atoms with Crippen molar-refractivity contribution in [2.45, 2.75) is 19.8 Å². The molecule has 5 heteroatoms. The van der Waals surface area contributed by atoms with Crippen LogP contribution in [0.4, 0.5) is 0 Å². The fourth-order valence-corrected chi connectivity index (χ4v) is 2.36. The summed E-state index contributed by atoms with van der Waals surface area (Å²) in [5, 5.41) is 0.882. The van der Waals surface area contributed by atoms with E-state index in [1.54, 1.807) is 6.20 Å². The molecule has 24 heavy (non-hydrogen) atoms. The van der Waals surface area contributed by atoms with Crippen molar-refractivity contribution in [3.05, 3.63) is 60.6 Å². The molecule has 3 rings (SSSR count). The maximum absolute atomic E-state index is 11.9. The van der Waals surface area contributed by atoms with Gasteiger partial charge in [-0.3, -0.25) is 4.89 Å². The predicted octanol–water partition coefficient (Wildman–Crippen LogP) is 4.19. The van der Waals surface area contributed by atoms with Crippen LogP contribution in [0.5, 0.6) is 0 Å². The van der Waals surface area contributed by atoms with Crippen LogP contribution in [0, 0.1) is 0 Å². The maximum atomic E-state index is 11.9. The molecule has 122 valence electrons. The molecule has 0 aliphatic heterocycles. The monoisotopic (exact) mass is 322 g/mol. The van der Waals surface area contributed by atoms with Gasteiger partial charge in [-0.1, -0.05) is 55.8 Å². The molecule has 0 spiro atoms. The van der Waals surface area contributed by atoms with E-state index in [-0.39, 0.29) is 5.82 Å². The first-order valence-corrected chi connectivity index (χ1v) is 7.94. The zero-order valence-corrected chi connectivity index (χ0v) is 13.4. The summed E-state index contributed by atoms with van der Waals surface area (Å²) in [6, 6.07) is 15.7. The van der Waals surface area contributed by atoms with Crippen molar-refractivity contribution in [3.8, 4) is 11.1 Å². The van der Waals surface area contributed by atoms with Gasteiger partial charge in [0, 0.05) is 11.6 Å². The fourth-order valence-electron chi connectivity index (χ4n) is 2.36. The zero-order chi connectivity index (χ0) is 16.8. The quantitative estimate of drug-likeness (QED) is 0.387. The highest BCUT2D eigenvalue weighted by molar-refractivity contribution is 5.96. The first-order chi connectivity index (χ1) is 11.8. The summed E-state index contributed by atoms with van der Waals surface area (Å²) in [7, 11) is 0. The van der Waals surface area contributed by atoms with Crippen molar-refractivity contribution in [3.63, 3.8) is 0 Å². The molecule has 3 aromatic rings. The van der Waals surface area contributed by atoms with Gasteiger partial charge in [0.1, 0.15) is 0 Å². The van der Waals surface area contributed by atoms with Gasteiger partial charge in [-0.25, -0.2) is 14.8 Å². The van der Waals surface area contributed by atoms with Crippen molar-refractivity contribution < 1.29 is 14.6 Å². The minimum Gasteiger partial charge on any atom is -0.289 e. The molecule has 0 aliphatic carbocycles. The Labute approximate surface area is 140 Å². The average Bonchev–Trinajstić information content (AvgIpc) is 2.65. The Bertz CT molecular complexity index is 834. The average molecular weight is 322 g/mol. The van der Waals surface area contributed by atoms with Crippen LogP contribution in [0.15, 0.2) is 54.7 Å². The number of hydrogen-bond acceptors (Lipinski definition) is 5. The third kappa shape index (κ3) is 3.58. The van der Waals surface area contributed by atoms with Gasteiger partial charge in [0.2, 0.25) is 5.82 Å². The van der Waals surface area contributed by atoms with Gasteiger partial charge in [-0.15, -0.1) is 0 Å². The SMILES string of the molecule is CCCCOOC(=O)c1ncc2c(-c3ccccc3)cccc2n1. The van der Waals surface area contributed by atoms with E-state index < -0.39 is 5.97 Å². The van der Waals surface area contributed by atoms with Crippen LogP contribution in [0.3, 0.4) is 0 Å². The summed E-state index contributed by atoms with van der Waals surface area (Å²) in [5.74, 6) is -0.692. The molecule has 0 radical (unpaired) electrons. The van der Waals surface area contributed by atoms with Crippen LogP contribution in [0.1, 0.15) is 30.4 Å². The lowest BCUT2D eigenvalue weighted by Crippen LogP contribution is -2.11. The Balaban J connectivity index is 1.86. The number of carbonyl (C=O) groups excluding carboxylic acids is 1. The Morgan fingerprint density at radius 3 is 2.71 bits per heavy atom. The summed E-state index contributed by atoms with van der Waals surface area (Å²) >= 11 is 0. The van der Waals surface area contributed by atoms with Crippen molar-refractivity contribution in [2.24, 2.45) is 0 Å². The molecule has 2 aromatic carbocycles. The molecule has 0 atom stereocenters. The summed E-state index contributed by atoms with van der Waals surface area (Å²) in [5.41, 5.74) is 2.78. The van der Waals surface area contributed by atoms with Gasteiger partial charge in [-0.05, 0) is 23.6 Å². The fraction of sp³-hybridized carbons (Fsp3) is 0.211. The number of carbonyl (C=O) groups is 1. The first kappa shape index (κ1) is 16.1. The van der Waals surface area contributed by atoms with E-state index in [1.807, 2.05) is 55.5 Å². The van der Waals surface area contributed by atoms with Crippen molar-refractivity contribution in [1.29, 1.82) is 0 Å². The van der Waals surface area contributed by atoms with Crippen molar-refractivity contribution in [2.75, 3.05) is 6.61 Å². The normalized spacial score (nSPS) is 10.7. The Morgan fingerprint density at radius 1 is 1.08 bits per heavy atom. The van der Waals surface area contributed by atoms with Crippen LogP contribution in [-0.2, 0) is 9.78 Å². The number of aromatic nitrogens is 2. The smallest absolute Gasteiger partial charge is 0.289 e. The summed E-state index contributed by atoms with van der Waals surface area (Å²) < 4.78 is 0. The molecule has 0 N–H and O–H groups in total. The number of hydrogen-bond donors (Lipinski definition) is 0. The second-order valence-electron chi connectivity index (χ2n) is 5.34. The largest absolute Gasteiger partial charge is 0.410 e. The van der Waals surface area contributed by atoms with Gasteiger partial charge >= 0.3 is 5.97 Å². The minimum atomic E-state index is -0.682. The van der Waals surface area contributed by atoms with E-state index in [1.165, 1.54) is 0 Å². The Morgan fingerprint density at radius 2 is 1.92 bits per heavy atom. The lowest BCUT2D eigenvalue weighted by molar-refractivity contribution is -0.241. The first-order valence-electron chi connectivity index (χ1n) is 7.94. The van der Waals surface area contributed by atoms with Crippen molar-refractivity contribution >= 4 is 16.9 Å². The molecular weight excluding hydrogens is 304 g/mol. The number of nitrogens with zero attached hydrogens (tertiary/aromatic N) is 2. The van der Waals surface area contributed by atoms with Crippen LogP contribution >= 0.6 is 0 Å². The van der Waals surface area contributed by atoms with E-state index in [2.05, 4.69) is 9.97 Å². The van der Waals surface area contributed by atoms with Gasteiger partial charge in [0.15, 0.2) is 0 Å². The molecule has 0 saturated heterocycles. The molecule has 0 saturated carbocycles. The predicted molar refractivity (Wildman–Crippen MR) is 91.2 cm³/mol. The standard InChI is InChI=1S/C19H18N2O3/c1-2-3-12-23-24-19(22)18-20-13-16-15(10-7-11-17(16)21-18)14-8-5-4-6-9-14/h4-11,13H,2-3,12H2,1H3. The second kappa shape index (κ2) is 7.66. The molecular formula is C19H18N2O3. The van der Waals surface area contributed by atoms with E-state index in [0.29, 0.717) is 12.1 Å². The van der Waals surface area contributed by atoms with E-state index in [4.69, 9.17) is 9.78 Å². The van der Waals surface area contributed by atoms with Crippen molar-refractivity contribution in [1.82, 2.24) is 9.97 Å². The Kier molecular flexibility index (Phi) is 5.13. The van der Waals surface area contributed by atoms with Gasteiger partial charge in [0.05, 0.1) is 12.1 Å². The third-order valence-electron chi connectivity index (χ3n) is 3.61. The lowest BCUT2D eigenvalue weighted by Gasteiger charge is -2.07. The summed E-state index contributed by atoms with van der Waals surface area (Å²) in [4.78, 5) is 30.0. The molecule has 5 nitrogen and oxygen atoms in total. The molecule has 0 bridgehead atoms. The highest BCUT2D eigenvalue weighted by atomic mass is 17.2. The maximum Gasteiger partial charge on any atom is 0.410 e. The lowest BCUT2D eigenvalue weighted by atomic mass is 10.0.